The third kappa shape index (κ3) is 3.07. The van der Waals surface area contributed by atoms with Gasteiger partial charge in [-0.1, -0.05) is 5.16 Å². The molecule has 2 heterocycles. The molecule has 3 N–H and O–H groups in total. The van der Waals surface area contributed by atoms with Crippen LogP contribution in [0.5, 0.6) is 5.75 Å². The molecule has 0 aromatic carbocycles. The van der Waals surface area contributed by atoms with Gasteiger partial charge in [-0.05, 0) is 12.5 Å². The van der Waals surface area contributed by atoms with Gasteiger partial charge in [-0.3, -0.25) is 4.98 Å². The van der Waals surface area contributed by atoms with Crippen LogP contribution in [0.4, 0.5) is 0 Å². The number of hydrogen-bond donors (Lipinski definition) is 2. The molecule has 92 valence electrons. The molecule has 1 atom stereocenters. The topological polar surface area (TPSA) is 90.0 Å². The van der Waals surface area contributed by atoms with Crippen molar-refractivity contribution in [2.24, 2.45) is 16.8 Å². The van der Waals surface area contributed by atoms with Gasteiger partial charge in [0, 0.05) is 24.8 Å². The van der Waals surface area contributed by atoms with Gasteiger partial charge >= 0.3 is 0 Å². The zero-order valence-corrected chi connectivity index (χ0v) is 9.37. The molecule has 0 amide bonds. The Morgan fingerprint density at radius 1 is 1.71 bits per heavy atom. The van der Waals surface area contributed by atoms with Crippen molar-refractivity contribution in [3.63, 3.8) is 0 Å². The summed E-state index contributed by atoms with van der Waals surface area (Å²) in [6.45, 7) is 2.16. The van der Waals surface area contributed by atoms with Gasteiger partial charge in [-0.2, -0.15) is 0 Å². The highest BCUT2D eigenvalue weighted by Gasteiger charge is 2.16. The van der Waals surface area contributed by atoms with E-state index in [1.807, 2.05) is 0 Å². The second-order valence-electron chi connectivity index (χ2n) is 3.90. The van der Waals surface area contributed by atoms with E-state index in [-0.39, 0.29) is 5.84 Å². The van der Waals surface area contributed by atoms with Crippen molar-refractivity contribution in [3.8, 4) is 5.75 Å². The fourth-order valence-electron chi connectivity index (χ4n) is 1.62. The van der Waals surface area contributed by atoms with E-state index in [4.69, 9.17) is 20.4 Å². The fourth-order valence-corrected chi connectivity index (χ4v) is 1.62. The van der Waals surface area contributed by atoms with E-state index in [9.17, 15) is 0 Å². The van der Waals surface area contributed by atoms with Crippen molar-refractivity contribution in [2.75, 3.05) is 19.8 Å². The molecule has 2 rings (SSSR count). The lowest BCUT2D eigenvalue weighted by atomic mass is 10.1. The summed E-state index contributed by atoms with van der Waals surface area (Å²) < 4.78 is 10.9. The Labute approximate surface area is 99.0 Å². The number of oxime groups is 1. The van der Waals surface area contributed by atoms with Crippen LogP contribution in [0.15, 0.2) is 23.5 Å². The van der Waals surface area contributed by atoms with Crippen LogP contribution in [-0.4, -0.2) is 35.8 Å². The molecule has 17 heavy (non-hydrogen) atoms. The van der Waals surface area contributed by atoms with Crippen LogP contribution in [0.1, 0.15) is 12.1 Å². The highest BCUT2D eigenvalue weighted by molar-refractivity contribution is 5.95. The first kappa shape index (κ1) is 11.7. The largest absolute Gasteiger partial charge is 0.493 e. The Morgan fingerprint density at radius 3 is 3.29 bits per heavy atom. The molecule has 1 aliphatic rings. The smallest absolute Gasteiger partial charge is 0.188 e. The molecule has 1 aromatic heterocycles. The molecular formula is C11H15N3O3. The van der Waals surface area contributed by atoms with E-state index in [0.717, 1.165) is 19.6 Å². The number of ether oxygens (including phenoxy) is 2. The van der Waals surface area contributed by atoms with Crippen LogP contribution in [0.25, 0.3) is 0 Å². The SMILES string of the molecule is N/C(=N/O)c1cc(OCC2CCOC2)ccn1. The van der Waals surface area contributed by atoms with E-state index in [2.05, 4.69) is 10.1 Å². The summed E-state index contributed by atoms with van der Waals surface area (Å²) in [5, 5.41) is 11.4. The van der Waals surface area contributed by atoms with Crippen molar-refractivity contribution in [3.05, 3.63) is 24.0 Å². The van der Waals surface area contributed by atoms with Crippen molar-refractivity contribution >= 4 is 5.84 Å². The normalized spacial score (nSPS) is 20.5. The monoisotopic (exact) mass is 237 g/mol. The van der Waals surface area contributed by atoms with E-state index >= 15 is 0 Å². The van der Waals surface area contributed by atoms with Crippen molar-refractivity contribution < 1.29 is 14.7 Å². The summed E-state index contributed by atoms with van der Waals surface area (Å²) in [7, 11) is 0. The Bertz CT molecular complexity index is 403. The number of aromatic nitrogens is 1. The van der Waals surface area contributed by atoms with E-state index in [1.54, 1.807) is 18.3 Å². The lowest BCUT2D eigenvalue weighted by Gasteiger charge is -2.10. The predicted octanol–water partition coefficient (Wildman–Crippen LogP) is 0.591. The Morgan fingerprint density at radius 2 is 2.59 bits per heavy atom. The van der Waals surface area contributed by atoms with Gasteiger partial charge in [-0.15, -0.1) is 0 Å². The van der Waals surface area contributed by atoms with Gasteiger partial charge < -0.3 is 20.4 Å². The van der Waals surface area contributed by atoms with Gasteiger partial charge in [0.25, 0.3) is 0 Å². The highest BCUT2D eigenvalue weighted by atomic mass is 16.5. The fraction of sp³-hybridized carbons (Fsp3) is 0.455. The Kier molecular flexibility index (Phi) is 3.77. The molecule has 1 fully saturated rings. The summed E-state index contributed by atoms with van der Waals surface area (Å²) in [6.07, 6.45) is 2.59. The lowest BCUT2D eigenvalue weighted by molar-refractivity contribution is 0.167. The lowest BCUT2D eigenvalue weighted by Crippen LogP contribution is -2.16. The number of nitrogens with zero attached hydrogens (tertiary/aromatic N) is 2. The van der Waals surface area contributed by atoms with Gasteiger partial charge in [0.15, 0.2) is 5.84 Å². The summed E-state index contributed by atoms with van der Waals surface area (Å²) in [5.41, 5.74) is 5.84. The summed E-state index contributed by atoms with van der Waals surface area (Å²) in [4.78, 5) is 3.97. The molecule has 6 heteroatoms. The number of hydrogen-bond acceptors (Lipinski definition) is 5. The van der Waals surface area contributed by atoms with Gasteiger partial charge in [0.2, 0.25) is 0 Å². The quantitative estimate of drug-likeness (QED) is 0.346. The first-order valence-corrected chi connectivity index (χ1v) is 5.44. The van der Waals surface area contributed by atoms with Crippen LogP contribution in [0.3, 0.4) is 0 Å². The average Bonchev–Trinajstić information content (AvgIpc) is 2.89. The van der Waals surface area contributed by atoms with Gasteiger partial charge in [0.05, 0.1) is 13.2 Å². The first-order chi connectivity index (χ1) is 8.29. The van der Waals surface area contributed by atoms with E-state index in [0.29, 0.717) is 24.0 Å². The van der Waals surface area contributed by atoms with E-state index < -0.39 is 0 Å². The molecular weight excluding hydrogens is 222 g/mol. The number of amidine groups is 1. The molecule has 1 unspecified atom stereocenters. The van der Waals surface area contributed by atoms with Crippen LogP contribution < -0.4 is 10.5 Å². The Balaban J connectivity index is 1.96. The minimum atomic E-state index is -0.0281. The molecule has 0 saturated carbocycles. The van der Waals surface area contributed by atoms with Gasteiger partial charge in [-0.25, -0.2) is 0 Å². The van der Waals surface area contributed by atoms with Crippen LogP contribution in [0, 0.1) is 5.92 Å². The van der Waals surface area contributed by atoms with E-state index in [1.165, 1.54) is 0 Å². The van der Waals surface area contributed by atoms with Gasteiger partial charge in [0.1, 0.15) is 11.4 Å². The molecule has 6 nitrogen and oxygen atoms in total. The second kappa shape index (κ2) is 5.49. The molecule has 1 saturated heterocycles. The van der Waals surface area contributed by atoms with Crippen molar-refractivity contribution in [1.82, 2.24) is 4.98 Å². The van der Waals surface area contributed by atoms with Crippen LogP contribution in [0.2, 0.25) is 0 Å². The number of nitrogens with two attached hydrogens (primary N) is 1. The predicted molar refractivity (Wildman–Crippen MR) is 61.2 cm³/mol. The maximum atomic E-state index is 8.55. The van der Waals surface area contributed by atoms with Crippen LogP contribution in [-0.2, 0) is 4.74 Å². The Hall–Kier alpha value is -1.82. The zero-order valence-electron chi connectivity index (χ0n) is 9.37. The maximum absolute atomic E-state index is 8.55. The second-order valence-corrected chi connectivity index (χ2v) is 3.90. The number of rotatable bonds is 4. The number of pyridine rings is 1. The maximum Gasteiger partial charge on any atom is 0.188 e. The van der Waals surface area contributed by atoms with Crippen LogP contribution >= 0.6 is 0 Å². The summed E-state index contributed by atoms with van der Waals surface area (Å²) >= 11 is 0. The highest BCUT2D eigenvalue weighted by Crippen LogP contribution is 2.16. The molecule has 0 bridgehead atoms. The molecule has 1 aliphatic heterocycles. The van der Waals surface area contributed by atoms with Crippen molar-refractivity contribution in [1.29, 1.82) is 0 Å². The molecule has 0 aliphatic carbocycles. The molecule has 0 radical (unpaired) electrons. The first-order valence-electron chi connectivity index (χ1n) is 5.44. The van der Waals surface area contributed by atoms with Crippen molar-refractivity contribution in [2.45, 2.75) is 6.42 Å². The minimum absolute atomic E-state index is 0.0281. The minimum Gasteiger partial charge on any atom is -0.493 e. The third-order valence-corrected chi connectivity index (χ3v) is 2.61. The summed E-state index contributed by atoms with van der Waals surface area (Å²) in [5.74, 6) is 1.07. The zero-order chi connectivity index (χ0) is 12.1. The summed E-state index contributed by atoms with van der Waals surface area (Å²) in [6, 6.07) is 3.38. The molecule has 1 aromatic rings. The standard InChI is InChI=1S/C11H15N3O3/c12-11(14-15)10-5-9(1-3-13-10)17-7-8-2-4-16-6-8/h1,3,5,8,15H,2,4,6-7H2,(H2,12,14). The third-order valence-electron chi connectivity index (χ3n) is 2.61. The molecule has 0 spiro atoms. The average molecular weight is 237 g/mol.